The number of nitrogens with zero attached hydrogens (tertiary/aromatic N) is 2. The van der Waals surface area contributed by atoms with E-state index in [9.17, 15) is 8.42 Å². The van der Waals surface area contributed by atoms with Crippen molar-refractivity contribution in [2.45, 2.75) is 50.6 Å². The van der Waals surface area contributed by atoms with Crippen molar-refractivity contribution in [3.8, 4) is 0 Å². The minimum Gasteiger partial charge on any atom is -0.444 e. The van der Waals surface area contributed by atoms with Crippen molar-refractivity contribution < 1.29 is 12.8 Å². The highest BCUT2D eigenvalue weighted by atomic mass is 32.2. The second-order valence-corrected chi connectivity index (χ2v) is 8.64. The predicted molar refractivity (Wildman–Crippen MR) is 92.9 cm³/mol. The van der Waals surface area contributed by atoms with E-state index in [-0.39, 0.29) is 16.4 Å². The summed E-state index contributed by atoms with van der Waals surface area (Å²) in [6, 6.07) is 6.66. The lowest BCUT2D eigenvalue weighted by molar-refractivity contribution is 0.222. The van der Waals surface area contributed by atoms with E-state index in [1.54, 1.807) is 18.3 Å². The van der Waals surface area contributed by atoms with Gasteiger partial charge in [-0.25, -0.2) is 18.5 Å². The first-order chi connectivity index (χ1) is 11.0. The zero-order valence-electron chi connectivity index (χ0n) is 14.8. The molecule has 132 valence electrons. The summed E-state index contributed by atoms with van der Waals surface area (Å²) >= 11 is 0. The maximum atomic E-state index is 11.5. The van der Waals surface area contributed by atoms with Gasteiger partial charge in [0.2, 0.25) is 15.9 Å². The van der Waals surface area contributed by atoms with Crippen molar-refractivity contribution >= 4 is 10.0 Å². The van der Waals surface area contributed by atoms with Crippen molar-refractivity contribution in [1.29, 1.82) is 0 Å². The molecule has 0 radical (unpaired) electrons. The Morgan fingerprint density at radius 2 is 2.00 bits per heavy atom. The summed E-state index contributed by atoms with van der Waals surface area (Å²) < 4.78 is 28.8. The van der Waals surface area contributed by atoms with E-state index >= 15 is 0 Å². The number of rotatable bonds is 5. The number of oxazole rings is 1. The molecule has 0 amide bonds. The number of aromatic nitrogens is 1. The Bertz CT molecular complexity index is 806. The number of hydrogen-bond acceptors (Lipinski definition) is 5. The molecule has 1 atom stereocenters. The van der Waals surface area contributed by atoms with Gasteiger partial charge >= 0.3 is 0 Å². The Balaban J connectivity index is 2.15. The van der Waals surface area contributed by atoms with Crippen LogP contribution in [-0.2, 0) is 22.0 Å². The molecule has 24 heavy (non-hydrogen) atoms. The highest BCUT2D eigenvalue weighted by molar-refractivity contribution is 7.89. The number of benzene rings is 1. The third kappa shape index (κ3) is 4.43. The van der Waals surface area contributed by atoms with Crippen molar-refractivity contribution in [3.05, 3.63) is 47.7 Å². The normalized spacial score (nSPS) is 14.1. The Morgan fingerprint density at radius 1 is 1.33 bits per heavy atom. The van der Waals surface area contributed by atoms with Crippen LogP contribution in [0.3, 0.4) is 0 Å². The lowest BCUT2D eigenvalue weighted by Gasteiger charge is -2.24. The molecule has 6 nitrogen and oxygen atoms in total. The predicted octanol–water partition coefficient (Wildman–Crippen LogP) is 2.81. The van der Waals surface area contributed by atoms with Crippen LogP contribution in [0, 0.1) is 0 Å². The number of hydrogen-bond donors (Lipinski definition) is 1. The van der Waals surface area contributed by atoms with Crippen LogP contribution in [0.4, 0.5) is 0 Å². The van der Waals surface area contributed by atoms with Gasteiger partial charge in [0.1, 0.15) is 5.76 Å². The van der Waals surface area contributed by atoms with Crippen LogP contribution in [0.5, 0.6) is 0 Å². The van der Waals surface area contributed by atoms with E-state index in [2.05, 4.69) is 25.8 Å². The Hall–Kier alpha value is -1.70. The van der Waals surface area contributed by atoms with Gasteiger partial charge in [0, 0.05) is 11.5 Å². The highest BCUT2D eigenvalue weighted by Gasteiger charge is 2.21. The van der Waals surface area contributed by atoms with E-state index in [0.717, 1.165) is 11.3 Å². The fourth-order valence-corrected chi connectivity index (χ4v) is 2.85. The number of sulfonamides is 1. The standard InChI is InChI=1S/C17H25N3O3S/c1-12(13-7-6-8-14(9-13)24(18,21)22)20(5)11-16-19-10-15(23-16)17(2,3)4/h6-10,12H,11H2,1-5H3,(H2,18,21,22). The molecular formula is C17H25N3O3S. The summed E-state index contributed by atoms with van der Waals surface area (Å²) in [5, 5.41) is 5.20. The average Bonchev–Trinajstić information content (AvgIpc) is 2.94. The molecule has 0 aliphatic carbocycles. The Labute approximate surface area is 143 Å². The van der Waals surface area contributed by atoms with E-state index < -0.39 is 10.0 Å². The molecule has 0 saturated carbocycles. The first-order valence-corrected chi connectivity index (χ1v) is 9.31. The molecule has 0 saturated heterocycles. The second-order valence-electron chi connectivity index (χ2n) is 7.08. The molecule has 0 aliphatic rings. The van der Waals surface area contributed by atoms with Gasteiger partial charge in [-0.3, -0.25) is 4.90 Å². The zero-order chi connectivity index (χ0) is 18.1. The van der Waals surface area contributed by atoms with Crippen LogP contribution in [0.2, 0.25) is 0 Å². The van der Waals surface area contributed by atoms with Crippen LogP contribution < -0.4 is 5.14 Å². The van der Waals surface area contributed by atoms with E-state index in [4.69, 9.17) is 9.56 Å². The molecule has 7 heteroatoms. The fourth-order valence-electron chi connectivity index (χ4n) is 2.29. The largest absolute Gasteiger partial charge is 0.444 e. The van der Waals surface area contributed by atoms with Crippen LogP contribution in [0.1, 0.15) is 51.0 Å². The molecule has 1 aromatic heterocycles. The summed E-state index contributed by atoms with van der Waals surface area (Å²) in [6.45, 7) is 8.74. The van der Waals surface area contributed by atoms with E-state index in [1.165, 1.54) is 6.07 Å². The molecule has 0 bridgehead atoms. The number of nitrogens with two attached hydrogens (primary N) is 1. The summed E-state index contributed by atoms with van der Waals surface area (Å²) in [5.41, 5.74) is 0.783. The third-order valence-corrected chi connectivity index (χ3v) is 4.92. The van der Waals surface area contributed by atoms with Crippen molar-refractivity contribution in [2.24, 2.45) is 5.14 Å². The first-order valence-electron chi connectivity index (χ1n) is 7.76. The van der Waals surface area contributed by atoms with Crippen LogP contribution in [0.25, 0.3) is 0 Å². The molecule has 1 unspecified atom stereocenters. The van der Waals surface area contributed by atoms with E-state index in [1.807, 2.05) is 24.9 Å². The number of primary sulfonamides is 1. The van der Waals surface area contributed by atoms with Crippen molar-refractivity contribution in [2.75, 3.05) is 7.05 Å². The van der Waals surface area contributed by atoms with Gasteiger partial charge in [0.05, 0.1) is 17.6 Å². The molecule has 0 spiro atoms. The maximum absolute atomic E-state index is 11.5. The SMILES string of the molecule is CC(c1cccc(S(N)(=O)=O)c1)N(C)Cc1ncc(C(C)(C)C)o1. The van der Waals surface area contributed by atoms with Crippen LogP contribution in [-0.4, -0.2) is 25.3 Å². The summed E-state index contributed by atoms with van der Waals surface area (Å²) in [5.74, 6) is 1.48. The average molecular weight is 351 g/mol. The van der Waals surface area contributed by atoms with Crippen LogP contribution in [0.15, 0.2) is 39.8 Å². The van der Waals surface area contributed by atoms with Crippen molar-refractivity contribution in [3.63, 3.8) is 0 Å². The first kappa shape index (κ1) is 18.6. The zero-order valence-corrected chi connectivity index (χ0v) is 15.6. The lowest BCUT2D eigenvalue weighted by Crippen LogP contribution is -2.22. The van der Waals surface area contributed by atoms with Gasteiger partial charge in [0.15, 0.2) is 0 Å². The molecule has 0 aliphatic heterocycles. The molecule has 0 fully saturated rings. The van der Waals surface area contributed by atoms with E-state index in [0.29, 0.717) is 12.4 Å². The minimum atomic E-state index is -3.71. The van der Waals surface area contributed by atoms with Gasteiger partial charge in [-0.15, -0.1) is 0 Å². The maximum Gasteiger partial charge on any atom is 0.238 e. The lowest BCUT2D eigenvalue weighted by atomic mass is 9.94. The van der Waals surface area contributed by atoms with Gasteiger partial charge in [-0.2, -0.15) is 0 Å². The summed E-state index contributed by atoms with van der Waals surface area (Å²) in [4.78, 5) is 6.49. The molecule has 1 aromatic carbocycles. The van der Waals surface area contributed by atoms with Gasteiger partial charge in [-0.05, 0) is 31.7 Å². The third-order valence-electron chi connectivity index (χ3n) is 4.01. The highest BCUT2D eigenvalue weighted by Crippen LogP contribution is 2.25. The minimum absolute atomic E-state index is 0.0170. The second kappa shape index (κ2) is 6.66. The quantitative estimate of drug-likeness (QED) is 0.894. The smallest absolute Gasteiger partial charge is 0.238 e. The van der Waals surface area contributed by atoms with Crippen LogP contribution >= 0.6 is 0 Å². The van der Waals surface area contributed by atoms with Gasteiger partial charge in [0.25, 0.3) is 0 Å². The molecular weight excluding hydrogens is 326 g/mol. The van der Waals surface area contributed by atoms with Crippen molar-refractivity contribution in [1.82, 2.24) is 9.88 Å². The summed E-state index contributed by atoms with van der Waals surface area (Å²) in [7, 11) is -1.77. The molecule has 2 N–H and O–H groups in total. The van der Waals surface area contributed by atoms with Gasteiger partial charge < -0.3 is 4.42 Å². The topological polar surface area (TPSA) is 89.4 Å². The fraction of sp³-hybridized carbons (Fsp3) is 0.471. The monoisotopic (exact) mass is 351 g/mol. The summed E-state index contributed by atoms with van der Waals surface area (Å²) in [6.07, 6.45) is 1.76. The Morgan fingerprint density at radius 3 is 2.54 bits per heavy atom. The molecule has 2 aromatic rings. The molecule has 1 heterocycles. The molecule has 2 rings (SSSR count). The Kier molecular flexibility index (Phi) is 5.17. The van der Waals surface area contributed by atoms with Gasteiger partial charge in [-0.1, -0.05) is 32.9 Å².